The molecule has 0 radical (unpaired) electrons. The summed E-state index contributed by atoms with van der Waals surface area (Å²) in [6, 6.07) is 0. The molecule has 8 atom stereocenters. The summed E-state index contributed by atoms with van der Waals surface area (Å²) in [5.41, 5.74) is 12.5. The Morgan fingerprint density at radius 1 is 0.756 bits per heavy atom. The van der Waals surface area contributed by atoms with E-state index < -0.39 is 70.1 Å². The van der Waals surface area contributed by atoms with Gasteiger partial charge in [-0.05, 0) is 0 Å². The van der Waals surface area contributed by atoms with Gasteiger partial charge in [0, 0.05) is 0 Å². The van der Waals surface area contributed by atoms with Gasteiger partial charge >= 0.3 is 0 Å². The maximum atomic E-state index is 12.5. The molecule has 21 heteroatoms. The molecule has 0 aliphatic carbocycles. The lowest BCUT2D eigenvalue weighted by Crippen LogP contribution is -2.35. The van der Waals surface area contributed by atoms with E-state index in [9.17, 15) is 29.9 Å². The van der Waals surface area contributed by atoms with Crippen LogP contribution < -0.4 is 16.4 Å². The summed E-state index contributed by atoms with van der Waals surface area (Å²) in [5, 5.41) is 41.9. The topological polar surface area (TPSA) is 297 Å². The number of anilines is 2. The van der Waals surface area contributed by atoms with Gasteiger partial charge in [-0.15, -0.1) is 0 Å². The maximum absolute atomic E-state index is 12.5. The molecule has 0 aromatic carbocycles. The fourth-order valence-corrected chi connectivity index (χ4v) is 5.41. The number of phosphoric ester groups is 1. The van der Waals surface area contributed by atoms with Crippen LogP contribution in [0.3, 0.4) is 0 Å². The van der Waals surface area contributed by atoms with Crippen LogP contribution in [0, 0.1) is 0 Å². The smallest absolute Gasteiger partial charge is 0.268 e. The third kappa shape index (κ3) is 4.89. The summed E-state index contributed by atoms with van der Waals surface area (Å²) in [4.78, 5) is 36.4. The minimum absolute atomic E-state index is 0.0957. The highest BCUT2D eigenvalue weighted by atomic mass is 31.2. The summed E-state index contributed by atoms with van der Waals surface area (Å²) in [6.07, 6.45) is -6.10. The molecule has 2 fully saturated rings. The molecule has 2 saturated heterocycles. The zero-order valence-electron chi connectivity index (χ0n) is 20.8. The zero-order valence-corrected chi connectivity index (χ0v) is 21.7. The van der Waals surface area contributed by atoms with Crippen molar-refractivity contribution in [2.75, 3.05) is 24.7 Å². The SMILES string of the molecule is Nc1ncnc2c1ncn2[C@@H]1O[C@H](COP(=O)([O-])OC[C@H]2O[C@@H](n3cnc4c(N)ncnc43)[C@H](O)[C@@H]2O)[C@@H](O)[C@H]1O. The highest BCUT2D eigenvalue weighted by molar-refractivity contribution is 7.45. The van der Waals surface area contributed by atoms with Crippen molar-refractivity contribution in [2.45, 2.75) is 49.1 Å². The van der Waals surface area contributed by atoms with Crippen molar-refractivity contribution in [1.82, 2.24) is 39.0 Å². The van der Waals surface area contributed by atoms with Gasteiger partial charge in [0.15, 0.2) is 35.4 Å². The molecule has 0 spiro atoms. The number of aromatic nitrogens is 8. The number of ether oxygens (including phenoxy) is 2. The predicted molar refractivity (Wildman–Crippen MR) is 131 cm³/mol. The second kappa shape index (κ2) is 10.4. The number of aliphatic hydroxyl groups excluding tert-OH is 4. The van der Waals surface area contributed by atoms with Crippen molar-refractivity contribution in [3.63, 3.8) is 0 Å². The number of hydrogen-bond acceptors (Lipinski definition) is 18. The van der Waals surface area contributed by atoms with E-state index in [1.165, 1.54) is 34.4 Å². The van der Waals surface area contributed by atoms with Gasteiger partial charge in [0.2, 0.25) is 0 Å². The molecule has 0 unspecified atom stereocenters. The Bertz CT molecular complexity index is 1510. The van der Waals surface area contributed by atoms with Gasteiger partial charge in [-0.1, -0.05) is 0 Å². The summed E-state index contributed by atoms with van der Waals surface area (Å²) < 4.78 is 36.1. The monoisotopic (exact) mass is 595 g/mol. The molecule has 0 amide bonds. The number of hydrogen-bond donors (Lipinski definition) is 6. The molecule has 6 rings (SSSR count). The Labute approximate surface area is 228 Å². The van der Waals surface area contributed by atoms with E-state index in [-0.39, 0.29) is 34.0 Å². The molecule has 8 N–H and O–H groups in total. The predicted octanol–water partition coefficient (Wildman–Crippen LogP) is -3.43. The molecule has 41 heavy (non-hydrogen) atoms. The van der Waals surface area contributed by atoms with Crippen LogP contribution in [0.5, 0.6) is 0 Å². The van der Waals surface area contributed by atoms with E-state index in [4.69, 9.17) is 30.0 Å². The zero-order chi connectivity index (χ0) is 29.1. The van der Waals surface area contributed by atoms with Gasteiger partial charge in [-0.3, -0.25) is 13.7 Å². The van der Waals surface area contributed by atoms with E-state index >= 15 is 0 Å². The summed E-state index contributed by atoms with van der Waals surface area (Å²) >= 11 is 0. The first-order valence-electron chi connectivity index (χ1n) is 12.0. The Hall–Kier alpha value is -3.43. The van der Waals surface area contributed by atoms with Gasteiger partial charge in [0.1, 0.15) is 60.3 Å². The Morgan fingerprint density at radius 3 is 1.59 bits per heavy atom. The van der Waals surface area contributed by atoms with Crippen LogP contribution >= 0.6 is 7.82 Å². The Morgan fingerprint density at radius 2 is 1.17 bits per heavy atom. The number of fused-ring (bicyclic) bond motifs is 2. The number of nitrogens with two attached hydrogens (primary N) is 2. The van der Waals surface area contributed by atoms with Crippen LogP contribution in [-0.2, 0) is 23.1 Å². The second-order valence-corrected chi connectivity index (χ2v) is 10.7. The first-order chi connectivity index (χ1) is 19.6. The van der Waals surface area contributed by atoms with Crippen molar-refractivity contribution < 1.29 is 48.4 Å². The highest BCUT2D eigenvalue weighted by Gasteiger charge is 2.46. The fourth-order valence-electron chi connectivity index (χ4n) is 4.67. The largest absolute Gasteiger partial charge is 0.756 e. The first kappa shape index (κ1) is 27.7. The minimum atomic E-state index is -5.05. The lowest BCUT2D eigenvalue weighted by atomic mass is 10.1. The number of rotatable bonds is 8. The van der Waals surface area contributed by atoms with Crippen molar-refractivity contribution in [3.8, 4) is 0 Å². The molecule has 4 aromatic heterocycles. The average Bonchev–Trinajstić information content (AvgIpc) is 3.70. The molecule has 0 saturated carbocycles. The van der Waals surface area contributed by atoms with Crippen LogP contribution in [-0.4, -0.2) is 109 Å². The van der Waals surface area contributed by atoms with E-state index in [2.05, 4.69) is 29.9 Å². The van der Waals surface area contributed by atoms with Crippen LogP contribution in [0.4, 0.5) is 11.6 Å². The Balaban J connectivity index is 1.07. The average molecular weight is 595 g/mol. The van der Waals surface area contributed by atoms with E-state index in [1.807, 2.05) is 0 Å². The molecule has 0 bridgehead atoms. The number of phosphoric acid groups is 1. The quantitative estimate of drug-likeness (QED) is 0.108. The molecule has 2 aliphatic rings. The van der Waals surface area contributed by atoms with Gasteiger partial charge in [-0.2, -0.15) is 0 Å². The highest BCUT2D eigenvalue weighted by Crippen LogP contribution is 2.42. The van der Waals surface area contributed by atoms with Crippen molar-refractivity contribution in [2.24, 2.45) is 0 Å². The molecule has 20 nitrogen and oxygen atoms in total. The standard InChI is InChI=1S/C20H25N10O10P/c21-15-9-17(25-3-23-15)29(5-27-9)19-13(33)11(31)7(39-19)1-37-41(35,36)38-2-8-12(32)14(34)20(40-8)30-6-28-10-16(22)24-4-26-18(10)30/h3-8,11-14,19-20,31-34H,1-2H2,(H,35,36)(H2,21,23,25)(H2,22,24,26)/p-1/t7-,8-,11-,12-,13-,14-,19-,20-/m1/s1. The van der Waals surface area contributed by atoms with Crippen molar-refractivity contribution in [3.05, 3.63) is 25.3 Å². The lowest BCUT2D eigenvalue weighted by Gasteiger charge is -2.26. The normalized spacial score (nSPS) is 31.7. The summed E-state index contributed by atoms with van der Waals surface area (Å²) in [6.45, 7) is -1.44. The van der Waals surface area contributed by atoms with Crippen LogP contribution in [0.25, 0.3) is 22.3 Å². The van der Waals surface area contributed by atoms with Gasteiger partial charge in [0.25, 0.3) is 7.82 Å². The van der Waals surface area contributed by atoms with Gasteiger partial charge in [0.05, 0.1) is 25.9 Å². The minimum Gasteiger partial charge on any atom is -0.756 e. The van der Waals surface area contributed by atoms with E-state index in [1.54, 1.807) is 0 Å². The molecular weight excluding hydrogens is 571 g/mol. The number of nitrogens with zero attached hydrogens (tertiary/aromatic N) is 8. The maximum Gasteiger partial charge on any atom is 0.268 e. The third-order valence-corrected chi connectivity index (χ3v) is 7.72. The fraction of sp³-hybridized carbons (Fsp3) is 0.500. The molecule has 2 aliphatic heterocycles. The van der Waals surface area contributed by atoms with Crippen molar-refractivity contribution >= 4 is 41.8 Å². The summed E-state index contributed by atoms with van der Waals surface area (Å²) in [5.74, 6) is 0.191. The summed E-state index contributed by atoms with van der Waals surface area (Å²) in [7, 11) is -5.05. The van der Waals surface area contributed by atoms with Crippen molar-refractivity contribution in [1.29, 1.82) is 0 Å². The number of nitrogen functional groups attached to an aromatic ring is 2. The molecule has 220 valence electrons. The Kier molecular flexibility index (Phi) is 7.06. The van der Waals surface area contributed by atoms with Gasteiger partial charge in [-0.25, -0.2) is 29.9 Å². The third-order valence-electron chi connectivity index (χ3n) is 6.79. The number of aliphatic hydroxyl groups is 4. The number of imidazole rings is 2. The van der Waals surface area contributed by atoms with E-state index in [0.717, 1.165) is 0 Å². The van der Waals surface area contributed by atoms with Gasteiger partial charge < -0.3 is 55.3 Å². The molecule has 4 aromatic rings. The van der Waals surface area contributed by atoms with Crippen LogP contribution in [0.2, 0.25) is 0 Å². The lowest BCUT2D eigenvalue weighted by molar-refractivity contribution is -0.231. The first-order valence-corrected chi connectivity index (χ1v) is 13.5. The van der Waals surface area contributed by atoms with Crippen LogP contribution in [0.1, 0.15) is 12.5 Å². The van der Waals surface area contributed by atoms with E-state index in [0.29, 0.717) is 0 Å². The molecular formula is C20H24N10O10P-. The molecule has 6 heterocycles. The second-order valence-electron chi connectivity index (χ2n) is 9.30. The van der Waals surface area contributed by atoms with Crippen LogP contribution in [0.15, 0.2) is 25.3 Å².